The minimum Gasteiger partial charge on any atom is -0.459 e. The summed E-state index contributed by atoms with van der Waals surface area (Å²) in [6, 6.07) is 8.82. The van der Waals surface area contributed by atoms with Gasteiger partial charge in [-0.05, 0) is 53.5 Å². The first-order chi connectivity index (χ1) is 15.7. The predicted octanol–water partition coefficient (Wildman–Crippen LogP) is 4.92. The molecule has 0 radical (unpaired) electrons. The summed E-state index contributed by atoms with van der Waals surface area (Å²) in [5, 5.41) is 0. The number of likely N-dealkylation sites (N-methyl/N-ethyl adjacent to an activating group) is 1. The van der Waals surface area contributed by atoms with Crippen LogP contribution in [0.2, 0.25) is 0 Å². The van der Waals surface area contributed by atoms with Gasteiger partial charge in [0.1, 0.15) is 23.3 Å². The lowest BCUT2D eigenvalue weighted by Crippen LogP contribution is -2.54. The molecule has 1 aliphatic rings. The lowest BCUT2D eigenvalue weighted by atomic mass is 9.90. The molecule has 1 fully saturated rings. The molecule has 0 bridgehead atoms. The summed E-state index contributed by atoms with van der Waals surface area (Å²) in [7, 11) is 1.60. The minimum absolute atomic E-state index is 0.0628. The van der Waals surface area contributed by atoms with Crippen molar-refractivity contribution in [2.24, 2.45) is 0 Å². The number of amides is 2. The van der Waals surface area contributed by atoms with Gasteiger partial charge in [-0.25, -0.2) is 14.4 Å². The van der Waals surface area contributed by atoms with E-state index < -0.39 is 40.9 Å². The maximum Gasteiger partial charge on any atom is 0.411 e. The van der Waals surface area contributed by atoms with Gasteiger partial charge < -0.3 is 19.1 Å². The third kappa shape index (κ3) is 6.98. The Kier molecular flexibility index (Phi) is 8.40. The van der Waals surface area contributed by atoms with Crippen molar-refractivity contribution in [3.05, 3.63) is 48.6 Å². The quantitative estimate of drug-likeness (QED) is 0.330. The van der Waals surface area contributed by atoms with Crippen LogP contribution in [0.1, 0.15) is 59.9 Å². The van der Waals surface area contributed by atoms with Crippen molar-refractivity contribution >= 4 is 18.2 Å². The van der Waals surface area contributed by atoms with E-state index in [1.54, 1.807) is 54.7 Å². The number of hydrogen-bond donors (Lipinski definition) is 0. The van der Waals surface area contributed by atoms with Crippen molar-refractivity contribution in [2.45, 2.75) is 83.8 Å². The molecule has 0 spiro atoms. The van der Waals surface area contributed by atoms with Crippen LogP contribution < -0.4 is 0 Å². The normalized spacial score (nSPS) is 20.4. The summed E-state index contributed by atoms with van der Waals surface area (Å²) in [6.45, 7) is 14.6. The summed E-state index contributed by atoms with van der Waals surface area (Å²) >= 11 is 0. The maximum absolute atomic E-state index is 13.5. The first-order valence-corrected chi connectivity index (χ1v) is 11.5. The molecular formula is C26H38N2O6. The van der Waals surface area contributed by atoms with E-state index in [9.17, 15) is 14.4 Å². The Bertz CT molecular complexity index is 887. The van der Waals surface area contributed by atoms with Crippen molar-refractivity contribution in [1.82, 2.24) is 9.80 Å². The molecule has 1 aliphatic heterocycles. The molecule has 34 heavy (non-hydrogen) atoms. The smallest absolute Gasteiger partial charge is 0.411 e. The van der Waals surface area contributed by atoms with E-state index in [1.165, 1.54) is 9.80 Å². The molecular weight excluding hydrogens is 436 g/mol. The zero-order chi connectivity index (χ0) is 25.7. The van der Waals surface area contributed by atoms with Crippen molar-refractivity contribution < 1.29 is 28.6 Å². The molecule has 2 atom stereocenters. The first kappa shape index (κ1) is 27.2. The van der Waals surface area contributed by atoms with Crippen molar-refractivity contribution in [3.8, 4) is 0 Å². The third-order valence-corrected chi connectivity index (χ3v) is 5.40. The van der Waals surface area contributed by atoms with Crippen molar-refractivity contribution in [3.63, 3.8) is 0 Å². The van der Waals surface area contributed by atoms with Crippen LogP contribution in [0.25, 0.3) is 0 Å². The second-order valence-corrected chi connectivity index (χ2v) is 10.6. The van der Waals surface area contributed by atoms with Crippen LogP contribution in [0.3, 0.4) is 0 Å². The van der Waals surface area contributed by atoms with Crippen LogP contribution in [0, 0.1) is 0 Å². The zero-order valence-electron chi connectivity index (χ0n) is 21.4. The zero-order valence-corrected chi connectivity index (χ0v) is 21.4. The van der Waals surface area contributed by atoms with E-state index >= 15 is 0 Å². The topological polar surface area (TPSA) is 85.4 Å². The molecule has 2 rings (SSSR count). The Morgan fingerprint density at radius 2 is 1.68 bits per heavy atom. The van der Waals surface area contributed by atoms with Crippen LogP contribution in [0.15, 0.2) is 43.0 Å². The Labute approximate surface area is 202 Å². The molecule has 1 aromatic rings. The molecule has 1 heterocycles. The summed E-state index contributed by atoms with van der Waals surface area (Å²) < 4.78 is 16.8. The molecule has 8 nitrogen and oxygen atoms in total. The van der Waals surface area contributed by atoms with E-state index in [1.807, 2.05) is 30.3 Å². The van der Waals surface area contributed by atoms with Gasteiger partial charge in [0.2, 0.25) is 0 Å². The fourth-order valence-corrected chi connectivity index (χ4v) is 3.83. The van der Waals surface area contributed by atoms with Crippen LogP contribution >= 0.6 is 0 Å². The van der Waals surface area contributed by atoms with Crippen LogP contribution in [-0.2, 0) is 25.6 Å². The minimum atomic E-state index is -1.36. The summed E-state index contributed by atoms with van der Waals surface area (Å²) in [5.74, 6) is -0.567. The molecule has 0 saturated carbocycles. The number of nitrogens with zero attached hydrogens (tertiary/aromatic N) is 2. The van der Waals surface area contributed by atoms with Gasteiger partial charge in [0, 0.05) is 20.0 Å². The number of rotatable bonds is 6. The van der Waals surface area contributed by atoms with Crippen molar-refractivity contribution in [1.29, 1.82) is 0 Å². The molecule has 2 amide bonds. The third-order valence-electron chi connectivity index (χ3n) is 5.40. The fraction of sp³-hybridized carbons (Fsp3) is 0.577. The van der Waals surface area contributed by atoms with E-state index in [-0.39, 0.29) is 26.0 Å². The van der Waals surface area contributed by atoms with Crippen molar-refractivity contribution in [2.75, 3.05) is 13.6 Å². The van der Waals surface area contributed by atoms with Gasteiger partial charge in [-0.2, -0.15) is 0 Å². The molecule has 1 unspecified atom stereocenters. The Morgan fingerprint density at radius 1 is 1.09 bits per heavy atom. The van der Waals surface area contributed by atoms with Crippen LogP contribution in [-0.4, -0.2) is 64.3 Å². The van der Waals surface area contributed by atoms with Crippen LogP contribution in [0.5, 0.6) is 0 Å². The second kappa shape index (κ2) is 10.5. The Hall–Kier alpha value is -3.03. The number of esters is 1. The second-order valence-electron chi connectivity index (χ2n) is 10.6. The average Bonchev–Trinajstić information content (AvgIpc) is 3.11. The SMILES string of the molecule is C=CCC1(C(=O)OCc2ccccc2)C[C@@H](N(C)C(=O)OC(C)(C)C)CN1C(=O)OC(C)(C)C. The molecule has 1 aromatic carbocycles. The van der Waals surface area contributed by atoms with Gasteiger partial charge in [-0.1, -0.05) is 36.4 Å². The van der Waals surface area contributed by atoms with Crippen LogP contribution in [0.4, 0.5) is 9.59 Å². The number of carbonyl (C=O) groups excluding carboxylic acids is 3. The largest absolute Gasteiger partial charge is 0.459 e. The summed E-state index contributed by atoms with van der Waals surface area (Å²) in [4.78, 5) is 42.3. The Balaban J connectivity index is 2.36. The van der Waals surface area contributed by atoms with E-state index in [2.05, 4.69) is 6.58 Å². The monoisotopic (exact) mass is 474 g/mol. The lowest BCUT2D eigenvalue weighted by Gasteiger charge is -2.36. The molecule has 188 valence electrons. The lowest BCUT2D eigenvalue weighted by molar-refractivity contribution is -0.157. The molecule has 0 aromatic heterocycles. The number of benzene rings is 1. The van der Waals surface area contributed by atoms with E-state index in [0.29, 0.717) is 0 Å². The standard InChI is InChI=1S/C26H38N2O6/c1-9-15-26(21(29)32-18-19-13-11-10-12-14-19)16-20(27(8)22(30)33-24(2,3)4)17-28(26)23(31)34-25(5,6)7/h9-14,20H,1,15-18H2,2-8H3/t20-,26?/m1/s1. The number of carbonyl (C=O) groups is 3. The summed E-state index contributed by atoms with van der Waals surface area (Å²) in [6.07, 6.45) is 0.719. The molecule has 8 heteroatoms. The maximum atomic E-state index is 13.5. The predicted molar refractivity (Wildman–Crippen MR) is 129 cm³/mol. The summed E-state index contributed by atoms with van der Waals surface area (Å²) in [5.41, 5.74) is -1.98. The van der Waals surface area contributed by atoms with Gasteiger partial charge >= 0.3 is 18.2 Å². The molecule has 0 aliphatic carbocycles. The highest BCUT2D eigenvalue weighted by Crippen LogP contribution is 2.38. The van der Waals surface area contributed by atoms with Gasteiger partial charge in [0.05, 0.1) is 6.04 Å². The Morgan fingerprint density at radius 3 is 2.21 bits per heavy atom. The molecule has 1 saturated heterocycles. The number of ether oxygens (including phenoxy) is 3. The fourth-order valence-electron chi connectivity index (χ4n) is 3.83. The highest BCUT2D eigenvalue weighted by atomic mass is 16.6. The number of likely N-dealkylation sites (tertiary alicyclic amines) is 1. The van der Waals surface area contributed by atoms with Gasteiger partial charge in [-0.3, -0.25) is 4.90 Å². The van der Waals surface area contributed by atoms with Gasteiger partial charge in [-0.15, -0.1) is 6.58 Å². The highest BCUT2D eigenvalue weighted by Gasteiger charge is 2.56. The van der Waals surface area contributed by atoms with Gasteiger partial charge in [0.25, 0.3) is 0 Å². The van der Waals surface area contributed by atoms with Gasteiger partial charge in [0.15, 0.2) is 0 Å². The molecule has 0 N–H and O–H groups in total. The van der Waals surface area contributed by atoms with E-state index in [0.717, 1.165) is 5.56 Å². The highest BCUT2D eigenvalue weighted by molar-refractivity contribution is 5.87. The first-order valence-electron chi connectivity index (χ1n) is 11.5. The number of hydrogen-bond acceptors (Lipinski definition) is 6. The average molecular weight is 475 g/mol. The van der Waals surface area contributed by atoms with E-state index in [4.69, 9.17) is 14.2 Å².